The molecule has 1 aromatic heterocycles. The van der Waals surface area contributed by atoms with Crippen LogP contribution in [0.2, 0.25) is 0 Å². The second-order valence-corrected chi connectivity index (χ2v) is 8.48. The summed E-state index contributed by atoms with van der Waals surface area (Å²) in [7, 11) is 0. The zero-order valence-corrected chi connectivity index (χ0v) is 15.8. The molecule has 1 saturated carbocycles. The van der Waals surface area contributed by atoms with Gasteiger partial charge in [0.1, 0.15) is 5.82 Å². The average Bonchev–Trinajstić information content (AvgIpc) is 2.93. The Bertz CT molecular complexity index is 737. The molecular weight excluding hydrogens is 386 g/mol. The number of aromatic nitrogens is 2. The first-order chi connectivity index (χ1) is 11.7. The lowest BCUT2D eigenvalue weighted by molar-refractivity contribution is -0.113. The number of carbonyl (C=O) groups excluding carboxylic acids is 1. The predicted octanol–water partition coefficient (Wildman–Crippen LogP) is 4.93. The number of hydrogen-bond acceptors (Lipinski definition) is 3. The summed E-state index contributed by atoms with van der Waals surface area (Å²) in [6.07, 6.45) is 8.06. The van der Waals surface area contributed by atoms with Crippen LogP contribution in [0.25, 0.3) is 0 Å². The number of benzene rings is 1. The number of rotatable bonds is 2. The zero-order valence-electron chi connectivity index (χ0n) is 13.4. The van der Waals surface area contributed by atoms with Crippen molar-refractivity contribution in [2.24, 2.45) is 0 Å². The third kappa shape index (κ3) is 3.14. The minimum atomic E-state index is 0.0680. The smallest absolute Gasteiger partial charge is 0.235 e. The lowest BCUT2D eigenvalue weighted by atomic mass is 9.95. The van der Waals surface area contributed by atoms with E-state index in [2.05, 4.69) is 55.3 Å². The monoisotopic (exact) mass is 405 g/mol. The Morgan fingerprint density at radius 2 is 1.92 bits per heavy atom. The molecule has 0 saturated heterocycles. The van der Waals surface area contributed by atoms with Gasteiger partial charge in [-0.1, -0.05) is 47.3 Å². The first kappa shape index (κ1) is 16.2. The van der Waals surface area contributed by atoms with Gasteiger partial charge < -0.3 is 5.32 Å². The van der Waals surface area contributed by atoms with E-state index in [1.54, 1.807) is 11.8 Å². The van der Waals surface area contributed by atoms with E-state index in [0.29, 0.717) is 11.8 Å². The molecule has 4 nitrogen and oxygen atoms in total. The van der Waals surface area contributed by atoms with Gasteiger partial charge in [-0.05, 0) is 30.5 Å². The van der Waals surface area contributed by atoms with E-state index < -0.39 is 0 Å². The molecule has 1 unspecified atom stereocenters. The van der Waals surface area contributed by atoms with Crippen LogP contribution in [-0.2, 0) is 4.79 Å². The summed E-state index contributed by atoms with van der Waals surface area (Å²) in [5.41, 5.74) is 2.34. The molecule has 24 heavy (non-hydrogen) atoms. The van der Waals surface area contributed by atoms with Crippen molar-refractivity contribution in [1.29, 1.82) is 0 Å². The van der Waals surface area contributed by atoms with Crippen LogP contribution in [0.15, 0.2) is 34.9 Å². The van der Waals surface area contributed by atoms with Crippen LogP contribution in [-0.4, -0.2) is 21.4 Å². The molecule has 2 heterocycles. The summed E-state index contributed by atoms with van der Waals surface area (Å²) in [4.78, 5) is 12.2. The summed E-state index contributed by atoms with van der Waals surface area (Å²) in [6, 6.07) is 8.78. The number of halogens is 1. The SMILES string of the molecule is O=C1CSC(c2ccc(Br)cc2)c2cnn(C3CCCCC3)c2N1. The fourth-order valence-corrected chi connectivity index (χ4v) is 4.99. The van der Waals surface area contributed by atoms with Crippen molar-refractivity contribution in [1.82, 2.24) is 9.78 Å². The highest BCUT2D eigenvalue weighted by Gasteiger charge is 2.30. The van der Waals surface area contributed by atoms with Gasteiger partial charge in [0.15, 0.2) is 0 Å². The number of amides is 1. The molecule has 0 spiro atoms. The van der Waals surface area contributed by atoms with Crippen molar-refractivity contribution < 1.29 is 4.79 Å². The van der Waals surface area contributed by atoms with E-state index in [-0.39, 0.29) is 11.2 Å². The van der Waals surface area contributed by atoms with E-state index in [0.717, 1.165) is 28.7 Å². The maximum atomic E-state index is 12.2. The quantitative estimate of drug-likeness (QED) is 0.770. The molecule has 1 N–H and O–H groups in total. The number of carbonyl (C=O) groups is 1. The normalized spacial score (nSPS) is 21.9. The lowest BCUT2D eigenvalue weighted by Gasteiger charge is -2.24. The molecule has 2 aliphatic rings. The molecule has 0 radical (unpaired) electrons. The first-order valence-electron chi connectivity index (χ1n) is 8.46. The predicted molar refractivity (Wildman–Crippen MR) is 101 cm³/mol. The molecule has 126 valence electrons. The van der Waals surface area contributed by atoms with Crippen LogP contribution in [0.1, 0.15) is 54.5 Å². The molecule has 1 fully saturated rings. The Labute approximate surface area is 154 Å². The van der Waals surface area contributed by atoms with Crippen LogP contribution in [0.4, 0.5) is 5.82 Å². The standard InChI is InChI=1S/C18H20BrN3OS/c19-13-8-6-12(7-9-13)17-15-10-20-22(14-4-2-1-3-5-14)18(15)21-16(23)11-24-17/h6-10,14,17H,1-5,11H2,(H,21,23). The van der Waals surface area contributed by atoms with Gasteiger partial charge in [0, 0.05) is 10.0 Å². The highest BCUT2D eigenvalue weighted by Crippen LogP contribution is 2.43. The molecule has 1 atom stereocenters. The van der Waals surface area contributed by atoms with Crippen molar-refractivity contribution in [2.45, 2.75) is 43.4 Å². The average molecular weight is 406 g/mol. The van der Waals surface area contributed by atoms with Crippen LogP contribution in [0.5, 0.6) is 0 Å². The Balaban J connectivity index is 1.73. The van der Waals surface area contributed by atoms with E-state index in [1.165, 1.54) is 24.8 Å². The second-order valence-electron chi connectivity index (χ2n) is 6.48. The summed E-state index contributed by atoms with van der Waals surface area (Å²) >= 11 is 5.17. The number of hydrogen-bond donors (Lipinski definition) is 1. The van der Waals surface area contributed by atoms with Crippen molar-refractivity contribution in [3.63, 3.8) is 0 Å². The third-order valence-electron chi connectivity index (χ3n) is 4.84. The molecular formula is C18H20BrN3OS. The van der Waals surface area contributed by atoms with Crippen LogP contribution >= 0.6 is 27.7 Å². The fourth-order valence-electron chi connectivity index (χ4n) is 3.63. The Hall–Kier alpha value is -1.27. The van der Waals surface area contributed by atoms with Crippen LogP contribution in [0, 0.1) is 0 Å². The van der Waals surface area contributed by atoms with Crippen LogP contribution in [0.3, 0.4) is 0 Å². The summed E-state index contributed by atoms with van der Waals surface area (Å²) < 4.78 is 3.14. The Morgan fingerprint density at radius 3 is 2.67 bits per heavy atom. The van der Waals surface area contributed by atoms with Crippen molar-refractivity contribution in [3.8, 4) is 0 Å². The molecule has 1 aliphatic carbocycles. The number of nitrogens with one attached hydrogen (secondary N) is 1. The van der Waals surface area contributed by atoms with E-state index in [9.17, 15) is 4.79 Å². The van der Waals surface area contributed by atoms with Crippen LogP contribution < -0.4 is 5.32 Å². The first-order valence-corrected chi connectivity index (χ1v) is 10.3. The molecule has 2 aromatic rings. The minimum Gasteiger partial charge on any atom is -0.310 e. The molecule has 4 rings (SSSR count). The maximum Gasteiger partial charge on any atom is 0.235 e. The van der Waals surface area contributed by atoms with E-state index in [4.69, 9.17) is 0 Å². The third-order valence-corrected chi connectivity index (χ3v) is 6.66. The van der Waals surface area contributed by atoms with Gasteiger partial charge >= 0.3 is 0 Å². The fraction of sp³-hybridized carbons (Fsp3) is 0.444. The number of thioether (sulfide) groups is 1. The van der Waals surface area contributed by atoms with Crippen molar-refractivity contribution >= 4 is 39.4 Å². The Kier molecular flexibility index (Phi) is 4.68. The lowest BCUT2D eigenvalue weighted by Crippen LogP contribution is -2.20. The molecule has 1 aliphatic heterocycles. The van der Waals surface area contributed by atoms with Gasteiger partial charge in [0.2, 0.25) is 5.91 Å². The maximum absolute atomic E-state index is 12.2. The van der Waals surface area contributed by atoms with Gasteiger partial charge in [0.05, 0.1) is 23.2 Å². The molecule has 1 amide bonds. The van der Waals surface area contributed by atoms with Gasteiger partial charge in [-0.25, -0.2) is 4.68 Å². The van der Waals surface area contributed by atoms with E-state index >= 15 is 0 Å². The van der Waals surface area contributed by atoms with Gasteiger partial charge in [-0.3, -0.25) is 4.79 Å². The number of nitrogens with zero attached hydrogens (tertiary/aromatic N) is 2. The summed E-state index contributed by atoms with van der Waals surface area (Å²) in [5, 5.41) is 7.92. The van der Waals surface area contributed by atoms with Gasteiger partial charge in [-0.2, -0.15) is 5.10 Å². The molecule has 6 heteroatoms. The topological polar surface area (TPSA) is 46.9 Å². The van der Waals surface area contributed by atoms with E-state index in [1.807, 2.05) is 6.20 Å². The van der Waals surface area contributed by atoms with Gasteiger partial charge in [0.25, 0.3) is 0 Å². The van der Waals surface area contributed by atoms with Gasteiger partial charge in [-0.15, -0.1) is 11.8 Å². The number of fused-ring (bicyclic) bond motifs is 1. The minimum absolute atomic E-state index is 0.0680. The summed E-state index contributed by atoms with van der Waals surface area (Å²) in [6.45, 7) is 0. The molecule has 0 bridgehead atoms. The summed E-state index contributed by atoms with van der Waals surface area (Å²) in [5.74, 6) is 1.45. The largest absolute Gasteiger partial charge is 0.310 e. The Morgan fingerprint density at radius 1 is 1.17 bits per heavy atom. The second kappa shape index (κ2) is 6.92. The number of anilines is 1. The van der Waals surface area contributed by atoms with Crippen molar-refractivity contribution in [2.75, 3.05) is 11.1 Å². The highest BCUT2D eigenvalue weighted by atomic mass is 79.9. The molecule has 1 aromatic carbocycles. The highest BCUT2D eigenvalue weighted by molar-refractivity contribution is 9.10. The zero-order chi connectivity index (χ0) is 16.5. The van der Waals surface area contributed by atoms with Crippen molar-refractivity contribution in [3.05, 3.63) is 46.1 Å².